The van der Waals surface area contributed by atoms with Crippen LogP contribution in [-0.4, -0.2) is 11.7 Å². The van der Waals surface area contributed by atoms with Crippen molar-refractivity contribution in [3.8, 4) is 0 Å². The van der Waals surface area contributed by atoms with Crippen LogP contribution in [0, 0.1) is 0 Å². The highest BCUT2D eigenvalue weighted by Gasteiger charge is 2.15. The molecule has 4 heteroatoms. The van der Waals surface area contributed by atoms with Crippen LogP contribution in [0.4, 0.5) is 0 Å². The summed E-state index contributed by atoms with van der Waals surface area (Å²) in [6, 6.07) is 13.1. The van der Waals surface area contributed by atoms with E-state index in [2.05, 4.69) is 0 Å². The standard InChI is InChI=1S/C16H15Cl3O/c17-13-7-8-14(16(19)9-13)12(10-20)6-5-11-3-1-2-4-15(11)18/h1-4,7-9,12,20H,5-6,10H2/t12-/m1/s1. The van der Waals surface area contributed by atoms with Gasteiger partial charge < -0.3 is 5.11 Å². The van der Waals surface area contributed by atoms with Gasteiger partial charge in [0.1, 0.15) is 0 Å². The zero-order valence-corrected chi connectivity index (χ0v) is 13.1. The van der Waals surface area contributed by atoms with Crippen LogP contribution in [0.5, 0.6) is 0 Å². The average Bonchev–Trinajstić information content (AvgIpc) is 2.43. The Morgan fingerprint density at radius 1 is 0.950 bits per heavy atom. The highest BCUT2D eigenvalue weighted by Crippen LogP contribution is 2.31. The lowest BCUT2D eigenvalue weighted by Crippen LogP contribution is -2.06. The van der Waals surface area contributed by atoms with Gasteiger partial charge in [-0.1, -0.05) is 59.1 Å². The fraction of sp³-hybridized carbons (Fsp3) is 0.250. The van der Waals surface area contributed by atoms with Crippen molar-refractivity contribution in [3.05, 3.63) is 68.7 Å². The molecule has 1 atom stereocenters. The Bertz CT molecular complexity index is 584. The van der Waals surface area contributed by atoms with Crippen LogP contribution in [0.25, 0.3) is 0 Å². The van der Waals surface area contributed by atoms with E-state index in [-0.39, 0.29) is 12.5 Å². The van der Waals surface area contributed by atoms with E-state index in [1.165, 1.54) is 0 Å². The van der Waals surface area contributed by atoms with Gasteiger partial charge in [0, 0.05) is 27.6 Å². The number of rotatable bonds is 5. The highest BCUT2D eigenvalue weighted by molar-refractivity contribution is 6.35. The van der Waals surface area contributed by atoms with E-state index in [1.807, 2.05) is 30.3 Å². The van der Waals surface area contributed by atoms with Gasteiger partial charge in [0.15, 0.2) is 0 Å². The molecule has 1 nitrogen and oxygen atoms in total. The fourth-order valence-corrected chi connectivity index (χ4v) is 3.00. The average molecular weight is 330 g/mol. The zero-order chi connectivity index (χ0) is 14.5. The van der Waals surface area contributed by atoms with Crippen molar-refractivity contribution >= 4 is 34.8 Å². The Kier molecular flexibility index (Phi) is 5.74. The summed E-state index contributed by atoms with van der Waals surface area (Å²) in [5, 5.41) is 11.5. The fourth-order valence-electron chi connectivity index (χ4n) is 2.21. The number of halogens is 3. The van der Waals surface area contributed by atoms with Crippen LogP contribution in [0.1, 0.15) is 23.5 Å². The van der Waals surface area contributed by atoms with E-state index in [0.717, 1.165) is 29.0 Å². The normalized spacial score (nSPS) is 12.4. The van der Waals surface area contributed by atoms with Gasteiger partial charge in [-0.2, -0.15) is 0 Å². The predicted octanol–water partition coefficient (Wildman–Crippen LogP) is 5.36. The van der Waals surface area contributed by atoms with Gasteiger partial charge in [0.25, 0.3) is 0 Å². The zero-order valence-electron chi connectivity index (χ0n) is 10.8. The molecule has 0 aliphatic carbocycles. The van der Waals surface area contributed by atoms with Crippen LogP contribution >= 0.6 is 34.8 Å². The molecule has 2 aromatic carbocycles. The van der Waals surface area contributed by atoms with Crippen molar-refractivity contribution in [1.82, 2.24) is 0 Å². The molecule has 0 saturated carbocycles. The third-order valence-corrected chi connectivity index (χ3v) is 4.27. The first kappa shape index (κ1) is 15.7. The van der Waals surface area contributed by atoms with Crippen molar-refractivity contribution in [2.24, 2.45) is 0 Å². The van der Waals surface area contributed by atoms with Crippen molar-refractivity contribution in [2.45, 2.75) is 18.8 Å². The van der Waals surface area contributed by atoms with Crippen LogP contribution in [0.15, 0.2) is 42.5 Å². The second kappa shape index (κ2) is 7.33. The molecular weight excluding hydrogens is 315 g/mol. The molecule has 0 aromatic heterocycles. The molecule has 2 aromatic rings. The van der Waals surface area contributed by atoms with Crippen LogP contribution < -0.4 is 0 Å². The van der Waals surface area contributed by atoms with Gasteiger partial charge in [-0.15, -0.1) is 0 Å². The smallest absolute Gasteiger partial charge is 0.0500 e. The van der Waals surface area contributed by atoms with E-state index in [9.17, 15) is 5.11 Å². The van der Waals surface area contributed by atoms with Gasteiger partial charge in [0.05, 0.1) is 0 Å². The molecule has 0 unspecified atom stereocenters. The van der Waals surface area contributed by atoms with E-state index in [4.69, 9.17) is 34.8 Å². The van der Waals surface area contributed by atoms with Gasteiger partial charge in [-0.25, -0.2) is 0 Å². The van der Waals surface area contributed by atoms with E-state index < -0.39 is 0 Å². The van der Waals surface area contributed by atoms with Gasteiger partial charge in [-0.3, -0.25) is 0 Å². The Balaban J connectivity index is 2.11. The number of hydrogen-bond donors (Lipinski definition) is 1. The molecule has 0 radical (unpaired) electrons. The van der Waals surface area contributed by atoms with Crippen molar-refractivity contribution in [3.63, 3.8) is 0 Å². The Labute approximate surface area is 134 Å². The molecule has 0 spiro atoms. The summed E-state index contributed by atoms with van der Waals surface area (Å²) in [7, 11) is 0. The molecule has 0 aliphatic rings. The summed E-state index contributed by atoms with van der Waals surface area (Å²) in [5.41, 5.74) is 2.00. The summed E-state index contributed by atoms with van der Waals surface area (Å²) in [4.78, 5) is 0. The minimum absolute atomic E-state index is 0.0176. The first-order chi connectivity index (χ1) is 9.61. The minimum atomic E-state index is -0.0176. The van der Waals surface area contributed by atoms with Crippen LogP contribution in [0.3, 0.4) is 0 Å². The van der Waals surface area contributed by atoms with Crippen LogP contribution in [0.2, 0.25) is 15.1 Å². The molecule has 0 bridgehead atoms. The van der Waals surface area contributed by atoms with Crippen molar-refractivity contribution in [1.29, 1.82) is 0 Å². The molecule has 0 saturated heterocycles. The molecule has 1 N–H and O–H groups in total. The summed E-state index contributed by atoms with van der Waals surface area (Å²) >= 11 is 18.2. The van der Waals surface area contributed by atoms with E-state index in [1.54, 1.807) is 12.1 Å². The summed E-state index contributed by atoms with van der Waals surface area (Å²) in [6.45, 7) is 0.0474. The second-order valence-corrected chi connectivity index (χ2v) is 5.93. The number of benzene rings is 2. The third kappa shape index (κ3) is 3.89. The van der Waals surface area contributed by atoms with E-state index in [0.29, 0.717) is 10.0 Å². The molecule has 0 heterocycles. The molecule has 2 rings (SSSR count). The Morgan fingerprint density at radius 3 is 2.35 bits per heavy atom. The minimum Gasteiger partial charge on any atom is -0.396 e. The van der Waals surface area contributed by atoms with Crippen LogP contribution in [-0.2, 0) is 6.42 Å². The second-order valence-electron chi connectivity index (χ2n) is 4.68. The van der Waals surface area contributed by atoms with Gasteiger partial charge in [-0.05, 0) is 42.2 Å². The number of aryl methyl sites for hydroxylation is 1. The maximum Gasteiger partial charge on any atom is 0.0500 e. The summed E-state index contributed by atoms with van der Waals surface area (Å²) in [5.74, 6) is -0.0176. The number of hydrogen-bond acceptors (Lipinski definition) is 1. The predicted molar refractivity (Wildman–Crippen MR) is 86.1 cm³/mol. The lowest BCUT2D eigenvalue weighted by Gasteiger charge is -2.16. The number of aliphatic hydroxyl groups excluding tert-OH is 1. The summed E-state index contributed by atoms with van der Waals surface area (Å²) < 4.78 is 0. The quantitative estimate of drug-likeness (QED) is 0.783. The Morgan fingerprint density at radius 2 is 1.70 bits per heavy atom. The molecule has 106 valence electrons. The van der Waals surface area contributed by atoms with E-state index >= 15 is 0 Å². The molecule has 0 fully saturated rings. The lowest BCUT2D eigenvalue weighted by atomic mass is 9.93. The first-order valence-electron chi connectivity index (χ1n) is 6.41. The maximum absolute atomic E-state index is 9.60. The largest absolute Gasteiger partial charge is 0.396 e. The highest BCUT2D eigenvalue weighted by atomic mass is 35.5. The summed E-state index contributed by atoms with van der Waals surface area (Å²) in [6.07, 6.45) is 1.57. The maximum atomic E-state index is 9.60. The molecule has 0 amide bonds. The SMILES string of the molecule is OC[C@@H](CCc1ccccc1Cl)c1ccc(Cl)cc1Cl. The van der Waals surface area contributed by atoms with Gasteiger partial charge >= 0.3 is 0 Å². The Hall–Kier alpha value is -0.730. The topological polar surface area (TPSA) is 20.2 Å². The molecular formula is C16H15Cl3O. The van der Waals surface area contributed by atoms with Gasteiger partial charge in [0.2, 0.25) is 0 Å². The van der Waals surface area contributed by atoms with Crippen molar-refractivity contribution in [2.75, 3.05) is 6.61 Å². The molecule has 0 aliphatic heterocycles. The van der Waals surface area contributed by atoms with Crippen molar-refractivity contribution < 1.29 is 5.11 Å². The lowest BCUT2D eigenvalue weighted by molar-refractivity contribution is 0.259. The molecule has 20 heavy (non-hydrogen) atoms. The third-order valence-electron chi connectivity index (χ3n) is 3.34. The number of aliphatic hydroxyl groups is 1. The first-order valence-corrected chi connectivity index (χ1v) is 7.54. The monoisotopic (exact) mass is 328 g/mol.